The van der Waals surface area contributed by atoms with E-state index in [9.17, 15) is 14.7 Å². The number of hydrogen-bond acceptors (Lipinski definition) is 4. The lowest BCUT2D eigenvalue weighted by atomic mass is 10.2. The van der Waals surface area contributed by atoms with E-state index in [0.29, 0.717) is 17.4 Å². The Hall–Kier alpha value is -1.76. The van der Waals surface area contributed by atoms with Crippen LogP contribution in [-0.2, 0) is 4.79 Å². The van der Waals surface area contributed by atoms with Gasteiger partial charge in [-0.2, -0.15) is 0 Å². The number of nitrogens with zero attached hydrogens (tertiary/aromatic N) is 2. The Bertz CT molecular complexity index is 521. The molecule has 2 fully saturated rings. The number of carboxylic acid groups (broad SMARTS) is 1. The molecule has 0 spiro atoms. The molecular weight excluding hydrogens is 278 g/mol. The van der Waals surface area contributed by atoms with Crippen molar-refractivity contribution in [2.75, 3.05) is 11.1 Å². The molecule has 1 aromatic rings. The number of nitrogens with one attached hydrogen (secondary N) is 1. The summed E-state index contributed by atoms with van der Waals surface area (Å²) < 4.78 is 0. The van der Waals surface area contributed by atoms with Crippen LogP contribution < -0.4 is 5.32 Å². The Kier molecular flexibility index (Phi) is 3.52. The van der Waals surface area contributed by atoms with Gasteiger partial charge in [-0.3, -0.25) is 9.88 Å². The van der Waals surface area contributed by atoms with E-state index in [0.717, 1.165) is 12.8 Å². The zero-order valence-corrected chi connectivity index (χ0v) is 11.5. The van der Waals surface area contributed by atoms with E-state index in [2.05, 4.69) is 10.3 Å². The highest BCUT2D eigenvalue weighted by Crippen LogP contribution is 2.45. The summed E-state index contributed by atoms with van der Waals surface area (Å²) in [5, 5.41) is 12.0. The van der Waals surface area contributed by atoms with Crippen LogP contribution in [0.1, 0.15) is 12.8 Å². The molecule has 1 aromatic heterocycles. The van der Waals surface area contributed by atoms with Gasteiger partial charge in [0, 0.05) is 11.9 Å². The van der Waals surface area contributed by atoms with Gasteiger partial charge in [-0.25, -0.2) is 9.59 Å². The van der Waals surface area contributed by atoms with Gasteiger partial charge in [0.2, 0.25) is 0 Å². The number of rotatable bonds is 3. The van der Waals surface area contributed by atoms with Crippen molar-refractivity contribution in [3.63, 3.8) is 0 Å². The second kappa shape index (κ2) is 5.32. The minimum Gasteiger partial charge on any atom is -0.480 e. The fraction of sp³-hybridized carbons (Fsp3) is 0.462. The molecule has 1 saturated carbocycles. The van der Waals surface area contributed by atoms with E-state index in [1.807, 2.05) is 0 Å². The lowest BCUT2D eigenvalue weighted by Crippen LogP contribution is -2.48. The van der Waals surface area contributed by atoms with Gasteiger partial charge in [0.25, 0.3) is 0 Å². The highest BCUT2D eigenvalue weighted by atomic mass is 32.2. The number of pyridine rings is 1. The third-order valence-corrected chi connectivity index (χ3v) is 4.95. The van der Waals surface area contributed by atoms with E-state index in [1.54, 1.807) is 36.3 Å². The molecule has 1 aliphatic heterocycles. The summed E-state index contributed by atoms with van der Waals surface area (Å²) in [7, 11) is 0. The number of thioether (sulfide) groups is 1. The number of aromatic nitrogens is 1. The number of carboxylic acids is 1. The summed E-state index contributed by atoms with van der Waals surface area (Å²) in [6.45, 7) is 0. The number of hydrogen-bond donors (Lipinski definition) is 2. The van der Waals surface area contributed by atoms with Crippen LogP contribution >= 0.6 is 11.8 Å². The van der Waals surface area contributed by atoms with Crippen molar-refractivity contribution in [2.45, 2.75) is 24.3 Å². The molecule has 3 rings (SSSR count). The first-order valence-corrected chi connectivity index (χ1v) is 7.55. The average molecular weight is 293 g/mol. The minimum atomic E-state index is -0.943. The first kappa shape index (κ1) is 13.2. The Morgan fingerprint density at radius 3 is 2.85 bits per heavy atom. The standard InChI is InChI=1S/C13H15N3O3S/c17-12(18)10-7-20-11(8-3-4-8)16(10)13(19)15-9-2-1-5-14-6-9/h1-2,5-6,8,10-11H,3-4,7H2,(H,15,19)(H,17,18). The quantitative estimate of drug-likeness (QED) is 0.888. The molecule has 2 amide bonds. The zero-order chi connectivity index (χ0) is 14.1. The number of carbonyl (C=O) groups is 2. The first-order chi connectivity index (χ1) is 9.66. The summed E-state index contributed by atoms with van der Waals surface area (Å²) in [4.78, 5) is 29.1. The van der Waals surface area contributed by atoms with Gasteiger partial charge in [-0.1, -0.05) is 0 Å². The number of anilines is 1. The Labute approximate surface area is 120 Å². The number of carbonyl (C=O) groups excluding carboxylic acids is 1. The van der Waals surface area contributed by atoms with Crippen LogP contribution in [0.2, 0.25) is 0 Å². The maximum absolute atomic E-state index is 12.4. The number of urea groups is 1. The molecule has 2 unspecified atom stereocenters. The molecule has 0 aromatic carbocycles. The molecule has 0 radical (unpaired) electrons. The summed E-state index contributed by atoms with van der Waals surface area (Å²) >= 11 is 1.57. The summed E-state index contributed by atoms with van der Waals surface area (Å²) in [6.07, 6.45) is 5.30. The molecule has 106 valence electrons. The lowest BCUT2D eigenvalue weighted by molar-refractivity contribution is -0.141. The van der Waals surface area contributed by atoms with Crippen LogP contribution in [0.4, 0.5) is 10.5 Å². The van der Waals surface area contributed by atoms with E-state index in [1.165, 1.54) is 4.90 Å². The summed E-state index contributed by atoms with van der Waals surface area (Å²) in [5.74, 6) is -0.0530. The molecule has 7 heteroatoms. The monoisotopic (exact) mass is 293 g/mol. The number of amides is 2. The Balaban J connectivity index is 1.76. The highest BCUT2D eigenvalue weighted by molar-refractivity contribution is 8.00. The van der Waals surface area contributed by atoms with E-state index < -0.39 is 12.0 Å². The Morgan fingerprint density at radius 2 is 2.25 bits per heavy atom. The molecule has 0 bridgehead atoms. The van der Waals surface area contributed by atoms with Gasteiger partial charge in [0.15, 0.2) is 0 Å². The van der Waals surface area contributed by atoms with Gasteiger partial charge in [-0.05, 0) is 30.9 Å². The van der Waals surface area contributed by atoms with Gasteiger partial charge in [-0.15, -0.1) is 11.8 Å². The molecule has 2 N–H and O–H groups in total. The molecule has 1 saturated heterocycles. The molecule has 2 aliphatic rings. The molecular formula is C13H15N3O3S. The van der Waals surface area contributed by atoms with E-state index in [-0.39, 0.29) is 11.4 Å². The van der Waals surface area contributed by atoms with Crippen LogP contribution in [0.5, 0.6) is 0 Å². The van der Waals surface area contributed by atoms with Crippen LogP contribution in [0.3, 0.4) is 0 Å². The fourth-order valence-corrected chi connectivity index (χ4v) is 3.97. The first-order valence-electron chi connectivity index (χ1n) is 6.50. The van der Waals surface area contributed by atoms with Crippen molar-refractivity contribution >= 4 is 29.4 Å². The van der Waals surface area contributed by atoms with Crippen molar-refractivity contribution < 1.29 is 14.7 Å². The van der Waals surface area contributed by atoms with Gasteiger partial charge in [0.05, 0.1) is 17.3 Å². The minimum absolute atomic E-state index is 0.0206. The van der Waals surface area contributed by atoms with Crippen LogP contribution in [0.15, 0.2) is 24.5 Å². The topological polar surface area (TPSA) is 82.5 Å². The second-order valence-electron chi connectivity index (χ2n) is 4.99. The SMILES string of the molecule is O=C(O)C1CSC(C2CC2)N1C(=O)Nc1cccnc1. The van der Waals surface area contributed by atoms with Crippen molar-refractivity contribution in [3.05, 3.63) is 24.5 Å². The summed E-state index contributed by atoms with van der Waals surface area (Å²) in [5.41, 5.74) is 0.577. The van der Waals surface area contributed by atoms with Crippen molar-refractivity contribution in [1.82, 2.24) is 9.88 Å². The predicted octanol–water partition coefficient (Wildman–Crippen LogP) is 1.85. The average Bonchev–Trinajstić information content (AvgIpc) is 3.17. The van der Waals surface area contributed by atoms with Gasteiger partial charge in [0.1, 0.15) is 6.04 Å². The van der Waals surface area contributed by atoms with E-state index >= 15 is 0 Å². The molecule has 2 atom stereocenters. The van der Waals surface area contributed by atoms with Crippen molar-refractivity contribution in [2.24, 2.45) is 5.92 Å². The largest absolute Gasteiger partial charge is 0.480 e. The predicted molar refractivity (Wildman–Crippen MR) is 75.5 cm³/mol. The third kappa shape index (κ3) is 2.58. The second-order valence-corrected chi connectivity index (χ2v) is 6.14. The van der Waals surface area contributed by atoms with E-state index in [4.69, 9.17) is 0 Å². The van der Waals surface area contributed by atoms with Crippen LogP contribution in [0, 0.1) is 5.92 Å². The Morgan fingerprint density at radius 1 is 1.45 bits per heavy atom. The van der Waals surface area contributed by atoms with Gasteiger partial charge < -0.3 is 10.4 Å². The maximum atomic E-state index is 12.4. The molecule has 2 heterocycles. The molecule has 20 heavy (non-hydrogen) atoms. The third-order valence-electron chi connectivity index (χ3n) is 3.49. The summed E-state index contributed by atoms with van der Waals surface area (Å²) in [6, 6.07) is 2.35. The highest BCUT2D eigenvalue weighted by Gasteiger charge is 2.48. The van der Waals surface area contributed by atoms with Crippen LogP contribution in [0.25, 0.3) is 0 Å². The lowest BCUT2D eigenvalue weighted by Gasteiger charge is -2.27. The van der Waals surface area contributed by atoms with Gasteiger partial charge >= 0.3 is 12.0 Å². The smallest absolute Gasteiger partial charge is 0.327 e. The van der Waals surface area contributed by atoms with Crippen molar-refractivity contribution in [1.29, 1.82) is 0 Å². The normalized spacial score (nSPS) is 25.5. The molecule has 1 aliphatic carbocycles. The maximum Gasteiger partial charge on any atom is 0.327 e. The zero-order valence-electron chi connectivity index (χ0n) is 10.7. The number of aliphatic carboxylic acids is 1. The van der Waals surface area contributed by atoms with Crippen molar-refractivity contribution in [3.8, 4) is 0 Å². The van der Waals surface area contributed by atoms with Crippen LogP contribution in [-0.4, -0.2) is 44.2 Å². The fourth-order valence-electron chi connectivity index (χ4n) is 2.34. The molecule has 6 nitrogen and oxygen atoms in total.